The smallest absolute Gasteiger partial charge is 0.216 e. The first-order valence-corrected chi connectivity index (χ1v) is 6.98. The molecule has 5 heteroatoms. The number of fused-ring (bicyclic) bond motifs is 1. The molecule has 0 aliphatic carbocycles. The van der Waals surface area contributed by atoms with Gasteiger partial charge in [0.2, 0.25) is 5.88 Å². The summed E-state index contributed by atoms with van der Waals surface area (Å²) in [5.41, 5.74) is 0.866. The Labute approximate surface area is 104 Å². The first kappa shape index (κ1) is 10.9. The molecule has 1 fully saturated rings. The predicted octanol–water partition coefficient (Wildman–Crippen LogP) is 2.03. The first-order chi connectivity index (χ1) is 8.36. The Morgan fingerprint density at radius 3 is 3.24 bits per heavy atom. The fourth-order valence-corrected chi connectivity index (χ4v) is 3.45. The third-order valence-electron chi connectivity index (χ3n) is 3.07. The Balaban J connectivity index is 1.90. The summed E-state index contributed by atoms with van der Waals surface area (Å²) < 4.78 is 7.04. The summed E-state index contributed by atoms with van der Waals surface area (Å²) in [5, 5.41) is 4.52. The van der Waals surface area contributed by atoms with E-state index >= 15 is 0 Å². The molecule has 3 rings (SSSR count). The standard InChI is InChI=1S/C12H15N3OS/c1-16-12-4-2-3-11-13-10(14-15(11)12)7-9-5-6-17-8-9/h2-4,9H,5-8H2,1H3. The molecule has 2 aromatic heterocycles. The number of methoxy groups -OCH3 is 1. The van der Waals surface area contributed by atoms with E-state index in [0.29, 0.717) is 0 Å². The zero-order valence-electron chi connectivity index (χ0n) is 9.80. The van der Waals surface area contributed by atoms with Gasteiger partial charge in [-0.05, 0) is 29.9 Å². The molecule has 4 nitrogen and oxygen atoms in total. The van der Waals surface area contributed by atoms with Gasteiger partial charge in [-0.3, -0.25) is 0 Å². The van der Waals surface area contributed by atoms with Gasteiger partial charge >= 0.3 is 0 Å². The monoisotopic (exact) mass is 249 g/mol. The summed E-state index contributed by atoms with van der Waals surface area (Å²) >= 11 is 2.03. The lowest BCUT2D eigenvalue weighted by Gasteiger charge is -2.02. The van der Waals surface area contributed by atoms with E-state index in [2.05, 4.69) is 10.1 Å². The summed E-state index contributed by atoms with van der Waals surface area (Å²) in [7, 11) is 1.66. The van der Waals surface area contributed by atoms with Crippen molar-refractivity contribution in [3.63, 3.8) is 0 Å². The van der Waals surface area contributed by atoms with Crippen molar-refractivity contribution >= 4 is 17.4 Å². The highest BCUT2D eigenvalue weighted by atomic mass is 32.2. The number of nitrogens with zero attached hydrogens (tertiary/aromatic N) is 3. The molecule has 2 aromatic rings. The lowest BCUT2D eigenvalue weighted by molar-refractivity contribution is 0.385. The Morgan fingerprint density at radius 2 is 2.47 bits per heavy atom. The SMILES string of the molecule is COc1cccc2nc(CC3CCSC3)nn12. The molecule has 0 N–H and O–H groups in total. The fraction of sp³-hybridized carbons (Fsp3) is 0.500. The van der Waals surface area contributed by atoms with Crippen molar-refractivity contribution < 1.29 is 4.74 Å². The van der Waals surface area contributed by atoms with Crippen LogP contribution in [0.25, 0.3) is 5.65 Å². The van der Waals surface area contributed by atoms with Crippen LogP contribution < -0.4 is 4.74 Å². The summed E-state index contributed by atoms with van der Waals surface area (Å²) in [6.45, 7) is 0. The van der Waals surface area contributed by atoms with E-state index < -0.39 is 0 Å². The van der Waals surface area contributed by atoms with Gasteiger partial charge in [0.05, 0.1) is 7.11 Å². The van der Waals surface area contributed by atoms with E-state index in [9.17, 15) is 0 Å². The molecule has 0 amide bonds. The Hall–Kier alpha value is -1.23. The maximum atomic E-state index is 5.27. The number of hydrogen-bond acceptors (Lipinski definition) is 4. The van der Waals surface area contributed by atoms with E-state index in [4.69, 9.17) is 4.74 Å². The number of thioether (sulfide) groups is 1. The van der Waals surface area contributed by atoms with Crippen LogP contribution in [0.15, 0.2) is 18.2 Å². The van der Waals surface area contributed by atoms with Crippen molar-refractivity contribution in [1.82, 2.24) is 14.6 Å². The van der Waals surface area contributed by atoms with E-state index in [1.165, 1.54) is 17.9 Å². The van der Waals surface area contributed by atoms with Crippen molar-refractivity contribution in [3.8, 4) is 5.88 Å². The second kappa shape index (κ2) is 4.56. The van der Waals surface area contributed by atoms with E-state index in [-0.39, 0.29) is 0 Å². The lowest BCUT2D eigenvalue weighted by Crippen LogP contribution is -2.04. The van der Waals surface area contributed by atoms with Crippen molar-refractivity contribution in [2.75, 3.05) is 18.6 Å². The molecule has 3 heterocycles. The third kappa shape index (κ3) is 2.11. The largest absolute Gasteiger partial charge is 0.481 e. The van der Waals surface area contributed by atoms with Crippen LogP contribution in [0.5, 0.6) is 5.88 Å². The van der Waals surface area contributed by atoms with Crippen molar-refractivity contribution in [2.45, 2.75) is 12.8 Å². The average Bonchev–Trinajstić information content (AvgIpc) is 2.97. The number of rotatable bonds is 3. The molecule has 0 bridgehead atoms. The van der Waals surface area contributed by atoms with Gasteiger partial charge in [-0.1, -0.05) is 6.07 Å². The maximum absolute atomic E-state index is 5.27. The fourth-order valence-electron chi connectivity index (χ4n) is 2.17. The number of pyridine rings is 1. The molecule has 0 aromatic carbocycles. The highest BCUT2D eigenvalue weighted by Crippen LogP contribution is 2.26. The molecule has 17 heavy (non-hydrogen) atoms. The van der Waals surface area contributed by atoms with E-state index in [0.717, 1.165) is 29.7 Å². The summed E-state index contributed by atoms with van der Waals surface area (Å²) in [5.74, 6) is 4.93. The second-order valence-corrected chi connectivity index (χ2v) is 5.45. The highest BCUT2D eigenvalue weighted by Gasteiger charge is 2.18. The molecule has 0 radical (unpaired) electrons. The van der Waals surface area contributed by atoms with Gasteiger partial charge in [0.1, 0.15) is 0 Å². The zero-order valence-corrected chi connectivity index (χ0v) is 10.6. The molecule has 1 unspecified atom stereocenters. The molecule has 0 spiro atoms. The van der Waals surface area contributed by atoms with Gasteiger partial charge < -0.3 is 4.74 Å². The predicted molar refractivity (Wildman–Crippen MR) is 68.7 cm³/mol. The van der Waals surface area contributed by atoms with Crippen molar-refractivity contribution in [2.24, 2.45) is 5.92 Å². The topological polar surface area (TPSA) is 39.4 Å². The normalized spacial score (nSPS) is 19.9. The van der Waals surface area contributed by atoms with Crippen LogP contribution in [0.3, 0.4) is 0 Å². The minimum atomic E-state index is 0.738. The Morgan fingerprint density at radius 1 is 1.53 bits per heavy atom. The minimum Gasteiger partial charge on any atom is -0.481 e. The van der Waals surface area contributed by atoms with Gasteiger partial charge in [-0.15, -0.1) is 5.10 Å². The van der Waals surface area contributed by atoms with Crippen LogP contribution in [-0.4, -0.2) is 33.2 Å². The van der Waals surface area contributed by atoms with Gasteiger partial charge in [0.25, 0.3) is 0 Å². The zero-order chi connectivity index (χ0) is 11.7. The molecular weight excluding hydrogens is 234 g/mol. The van der Waals surface area contributed by atoms with Crippen LogP contribution in [0.1, 0.15) is 12.2 Å². The van der Waals surface area contributed by atoms with Crippen molar-refractivity contribution in [1.29, 1.82) is 0 Å². The van der Waals surface area contributed by atoms with Gasteiger partial charge in [0.15, 0.2) is 11.5 Å². The Kier molecular flexibility index (Phi) is 2.93. The maximum Gasteiger partial charge on any atom is 0.216 e. The van der Waals surface area contributed by atoms with Gasteiger partial charge in [-0.2, -0.15) is 16.3 Å². The van der Waals surface area contributed by atoms with E-state index in [1.807, 2.05) is 30.0 Å². The molecule has 0 saturated carbocycles. The van der Waals surface area contributed by atoms with Crippen LogP contribution in [0.4, 0.5) is 0 Å². The number of aromatic nitrogens is 3. The number of ether oxygens (including phenoxy) is 1. The summed E-state index contributed by atoms with van der Waals surface area (Å²) in [6.07, 6.45) is 2.27. The second-order valence-electron chi connectivity index (χ2n) is 4.30. The van der Waals surface area contributed by atoms with Crippen LogP contribution >= 0.6 is 11.8 Å². The molecule has 90 valence electrons. The molecule has 1 aliphatic heterocycles. The lowest BCUT2D eigenvalue weighted by atomic mass is 10.1. The molecule has 1 saturated heterocycles. The van der Waals surface area contributed by atoms with E-state index in [1.54, 1.807) is 11.6 Å². The third-order valence-corrected chi connectivity index (χ3v) is 4.30. The van der Waals surface area contributed by atoms with Crippen LogP contribution in [-0.2, 0) is 6.42 Å². The highest BCUT2D eigenvalue weighted by molar-refractivity contribution is 7.99. The minimum absolute atomic E-state index is 0.738. The van der Waals surface area contributed by atoms with Crippen LogP contribution in [0, 0.1) is 5.92 Å². The van der Waals surface area contributed by atoms with Crippen LogP contribution in [0.2, 0.25) is 0 Å². The summed E-state index contributed by atoms with van der Waals surface area (Å²) in [6, 6.07) is 5.80. The van der Waals surface area contributed by atoms with Gasteiger partial charge in [-0.25, -0.2) is 4.98 Å². The molecule has 1 atom stereocenters. The summed E-state index contributed by atoms with van der Waals surface area (Å²) in [4.78, 5) is 4.55. The average molecular weight is 249 g/mol. The first-order valence-electron chi connectivity index (χ1n) is 5.83. The Bertz CT molecular complexity index is 519. The number of hydrogen-bond donors (Lipinski definition) is 0. The molecule has 1 aliphatic rings. The quantitative estimate of drug-likeness (QED) is 0.834. The molecular formula is C12H15N3OS. The van der Waals surface area contributed by atoms with Crippen molar-refractivity contribution in [3.05, 3.63) is 24.0 Å². The van der Waals surface area contributed by atoms with Gasteiger partial charge in [0, 0.05) is 12.5 Å².